The molecule has 144 valence electrons. The Hall–Kier alpha value is -1.33. The smallest absolute Gasteiger partial charge is 0.494 e. The molecule has 0 saturated heterocycles. The maximum atomic E-state index is 10.7. The van der Waals surface area contributed by atoms with Crippen LogP contribution in [-0.2, 0) is 10.1 Å². The lowest BCUT2D eigenvalue weighted by Gasteiger charge is -2.08. The number of rotatable bonds is 5. The zero-order valence-corrected chi connectivity index (χ0v) is 16.8. The van der Waals surface area contributed by atoms with E-state index in [0.717, 1.165) is 18.8 Å². The van der Waals surface area contributed by atoms with Gasteiger partial charge < -0.3 is 4.74 Å². The molecule has 2 aromatic carbocycles. The van der Waals surface area contributed by atoms with Gasteiger partial charge in [-0.25, -0.2) is 0 Å². The van der Waals surface area contributed by atoms with Crippen LogP contribution in [0.5, 0.6) is 5.75 Å². The fourth-order valence-electron chi connectivity index (χ4n) is 1.76. The zero-order valence-electron chi connectivity index (χ0n) is 13.8. The molecule has 9 heteroatoms. The highest BCUT2D eigenvalue weighted by Crippen LogP contribution is 2.26. The minimum Gasteiger partial charge on any atom is -0.494 e. The van der Waals surface area contributed by atoms with Crippen molar-refractivity contribution in [2.45, 2.75) is 25.3 Å². The summed E-state index contributed by atoms with van der Waals surface area (Å²) >= 11 is 2.37. The van der Waals surface area contributed by atoms with E-state index >= 15 is 0 Å². The summed E-state index contributed by atoms with van der Waals surface area (Å²) in [6.07, 6.45) is 2.28. The summed E-state index contributed by atoms with van der Waals surface area (Å²) in [5, 5.41) is 0. The van der Waals surface area contributed by atoms with Crippen molar-refractivity contribution in [3.05, 3.63) is 52.1 Å². The van der Waals surface area contributed by atoms with Crippen LogP contribution in [0.25, 0.3) is 11.1 Å². The Balaban J connectivity index is 0.000000359. The normalized spacial score (nSPS) is 11.5. The van der Waals surface area contributed by atoms with Gasteiger partial charge in [0, 0.05) is 3.57 Å². The molecular weight excluding hydrogens is 484 g/mol. The maximum Gasteiger partial charge on any atom is 0.522 e. The van der Waals surface area contributed by atoms with Crippen molar-refractivity contribution in [2.24, 2.45) is 0 Å². The fourth-order valence-corrected chi connectivity index (χ4v) is 2.46. The van der Waals surface area contributed by atoms with Gasteiger partial charge in [0.25, 0.3) is 0 Å². The van der Waals surface area contributed by atoms with E-state index in [2.05, 4.69) is 65.9 Å². The Bertz CT molecular complexity index is 790. The second-order valence-corrected chi connectivity index (χ2v) is 7.70. The van der Waals surface area contributed by atoms with Crippen molar-refractivity contribution in [3.63, 3.8) is 0 Å². The lowest BCUT2D eigenvalue weighted by molar-refractivity contribution is -0.0510. The highest BCUT2D eigenvalue weighted by molar-refractivity contribution is 14.1. The number of unbranched alkanes of at least 4 members (excludes halogenated alkanes) is 1. The summed E-state index contributed by atoms with van der Waals surface area (Å²) < 4.78 is 64.5. The molecule has 0 aliphatic heterocycles. The van der Waals surface area contributed by atoms with Crippen LogP contribution in [0.1, 0.15) is 19.8 Å². The van der Waals surface area contributed by atoms with Crippen LogP contribution in [0.2, 0.25) is 0 Å². The molecule has 1 N–H and O–H groups in total. The highest BCUT2D eigenvalue weighted by atomic mass is 127. The SMILES string of the molecule is CCCCOc1ccc(-c2ccccc2I)cc1.O=S(=O)(O)C(F)(F)F. The van der Waals surface area contributed by atoms with Gasteiger partial charge >= 0.3 is 15.6 Å². The van der Waals surface area contributed by atoms with Gasteiger partial charge in [-0.2, -0.15) is 21.6 Å². The molecule has 26 heavy (non-hydrogen) atoms. The minimum atomic E-state index is -5.84. The van der Waals surface area contributed by atoms with E-state index in [9.17, 15) is 13.2 Å². The first-order valence-electron chi connectivity index (χ1n) is 7.57. The largest absolute Gasteiger partial charge is 0.522 e. The summed E-state index contributed by atoms with van der Waals surface area (Å²) in [5.41, 5.74) is -3.02. The summed E-state index contributed by atoms with van der Waals surface area (Å²) in [6.45, 7) is 2.97. The lowest BCUT2D eigenvalue weighted by Crippen LogP contribution is -2.21. The highest BCUT2D eigenvalue weighted by Gasteiger charge is 2.44. The quantitative estimate of drug-likeness (QED) is 0.253. The van der Waals surface area contributed by atoms with E-state index < -0.39 is 15.6 Å². The third-order valence-electron chi connectivity index (χ3n) is 3.10. The molecule has 0 atom stereocenters. The summed E-state index contributed by atoms with van der Waals surface area (Å²) in [5.74, 6) is 0.957. The molecule has 0 aliphatic carbocycles. The summed E-state index contributed by atoms with van der Waals surface area (Å²) in [4.78, 5) is 0. The molecule has 2 rings (SSSR count). The van der Waals surface area contributed by atoms with Crippen LogP contribution in [0.4, 0.5) is 13.2 Å². The average molecular weight is 502 g/mol. The van der Waals surface area contributed by atoms with Crippen LogP contribution >= 0.6 is 22.6 Å². The molecule has 2 aromatic rings. The third-order valence-corrected chi connectivity index (χ3v) is 4.62. The summed E-state index contributed by atoms with van der Waals surface area (Å²) in [7, 11) is -5.84. The predicted octanol–water partition coefficient (Wildman–Crippen LogP) is 5.53. The Morgan fingerprint density at radius 3 is 2.08 bits per heavy atom. The van der Waals surface area contributed by atoms with E-state index in [-0.39, 0.29) is 0 Å². The first-order valence-corrected chi connectivity index (χ1v) is 10.1. The molecule has 0 aliphatic rings. The van der Waals surface area contributed by atoms with Gasteiger partial charge in [0.1, 0.15) is 5.75 Å². The van der Waals surface area contributed by atoms with Crippen LogP contribution < -0.4 is 4.74 Å². The Labute approximate surface area is 164 Å². The molecule has 0 unspecified atom stereocenters. The third kappa shape index (κ3) is 7.50. The van der Waals surface area contributed by atoms with Gasteiger partial charge in [0.15, 0.2) is 0 Å². The second-order valence-electron chi connectivity index (χ2n) is 5.13. The van der Waals surface area contributed by atoms with Crippen molar-refractivity contribution >= 4 is 32.7 Å². The van der Waals surface area contributed by atoms with Crippen molar-refractivity contribution in [1.29, 1.82) is 0 Å². The average Bonchev–Trinajstić information content (AvgIpc) is 2.55. The van der Waals surface area contributed by atoms with E-state index in [1.807, 2.05) is 12.1 Å². The standard InChI is InChI=1S/C16H17IO.CHF3O3S/c1-2-3-12-18-14-10-8-13(9-11-14)15-6-4-5-7-16(15)17;2-1(3,4)8(5,6)7/h4-11H,2-3,12H2,1H3;(H,5,6,7). The number of hydrogen-bond donors (Lipinski definition) is 1. The van der Waals surface area contributed by atoms with Crippen molar-refractivity contribution in [1.82, 2.24) is 0 Å². The molecule has 0 heterocycles. The maximum absolute atomic E-state index is 10.7. The van der Waals surface area contributed by atoms with Crippen LogP contribution in [-0.4, -0.2) is 25.1 Å². The van der Waals surface area contributed by atoms with E-state index in [1.165, 1.54) is 21.1 Å². The first-order chi connectivity index (χ1) is 12.1. The molecule has 0 fully saturated rings. The van der Waals surface area contributed by atoms with Crippen molar-refractivity contribution in [3.8, 4) is 16.9 Å². The second kappa shape index (κ2) is 10.1. The zero-order chi connectivity index (χ0) is 19.8. The molecule has 0 aromatic heterocycles. The van der Waals surface area contributed by atoms with Crippen LogP contribution in [0, 0.1) is 3.57 Å². The van der Waals surface area contributed by atoms with Gasteiger partial charge in [-0.1, -0.05) is 43.7 Å². The molecule has 0 saturated carbocycles. The van der Waals surface area contributed by atoms with Crippen molar-refractivity contribution in [2.75, 3.05) is 6.61 Å². The molecule has 0 radical (unpaired) electrons. The first kappa shape index (κ1) is 22.7. The number of benzene rings is 2. The Kier molecular flexibility index (Phi) is 8.84. The van der Waals surface area contributed by atoms with Crippen LogP contribution in [0.3, 0.4) is 0 Å². The Morgan fingerprint density at radius 1 is 1.08 bits per heavy atom. The number of alkyl halides is 3. The van der Waals surface area contributed by atoms with E-state index in [1.54, 1.807) is 0 Å². The van der Waals surface area contributed by atoms with Gasteiger partial charge in [0.2, 0.25) is 0 Å². The molecular formula is C17H18F3IO4S. The van der Waals surface area contributed by atoms with Crippen molar-refractivity contribution < 1.29 is 30.9 Å². The number of ether oxygens (including phenoxy) is 1. The van der Waals surface area contributed by atoms with Gasteiger partial charge in [0.05, 0.1) is 6.61 Å². The van der Waals surface area contributed by atoms with E-state index in [0.29, 0.717) is 0 Å². The van der Waals surface area contributed by atoms with Crippen LogP contribution in [0.15, 0.2) is 48.5 Å². The topological polar surface area (TPSA) is 63.6 Å². The molecule has 0 spiro atoms. The monoisotopic (exact) mass is 502 g/mol. The number of halogens is 4. The van der Waals surface area contributed by atoms with Gasteiger partial charge in [-0.15, -0.1) is 0 Å². The molecule has 0 bridgehead atoms. The Morgan fingerprint density at radius 2 is 1.62 bits per heavy atom. The summed E-state index contributed by atoms with van der Waals surface area (Å²) in [6, 6.07) is 16.8. The lowest BCUT2D eigenvalue weighted by atomic mass is 10.1. The van der Waals surface area contributed by atoms with Gasteiger partial charge in [-0.3, -0.25) is 4.55 Å². The minimum absolute atomic E-state index is 0.804. The molecule has 4 nitrogen and oxygen atoms in total. The number of hydrogen-bond acceptors (Lipinski definition) is 3. The predicted molar refractivity (Wildman–Crippen MR) is 103 cm³/mol. The molecule has 0 amide bonds. The fraction of sp³-hybridized carbons (Fsp3) is 0.294. The van der Waals surface area contributed by atoms with E-state index in [4.69, 9.17) is 17.7 Å². The van der Waals surface area contributed by atoms with Gasteiger partial charge in [-0.05, 0) is 58.3 Å².